The number of nitrogens with zero attached hydrogens (tertiary/aromatic N) is 2. The maximum absolute atomic E-state index is 13.5. The highest BCUT2D eigenvalue weighted by atomic mass is 35.5. The number of amides is 1. The van der Waals surface area contributed by atoms with Crippen molar-refractivity contribution in [3.8, 4) is 0 Å². The van der Waals surface area contributed by atoms with Gasteiger partial charge in [0.05, 0.1) is 21.4 Å². The number of hydrogen-bond acceptors (Lipinski definition) is 2. The lowest BCUT2D eigenvalue weighted by Gasteiger charge is -2.10. The van der Waals surface area contributed by atoms with Crippen molar-refractivity contribution in [1.29, 1.82) is 0 Å². The van der Waals surface area contributed by atoms with Gasteiger partial charge < -0.3 is 9.88 Å². The molecule has 0 radical (unpaired) electrons. The third-order valence-corrected chi connectivity index (χ3v) is 3.90. The van der Waals surface area contributed by atoms with Crippen molar-refractivity contribution >= 4 is 40.1 Å². The van der Waals surface area contributed by atoms with E-state index >= 15 is 0 Å². The van der Waals surface area contributed by atoms with Crippen LogP contribution >= 0.6 is 23.2 Å². The lowest BCUT2D eigenvalue weighted by molar-refractivity contribution is -0.121. The largest absolute Gasteiger partial charge is 0.352 e. The first-order chi connectivity index (χ1) is 9.95. The summed E-state index contributed by atoms with van der Waals surface area (Å²) in [6.45, 7) is 1.86. The number of hydrogen-bond donors (Lipinski definition) is 1. The van der Waals surface area contributed by atoms with Crippen LogP contribution < -0.4 is 5.32 Å². The molecule has 3 rings (SSSR count). The van der Waals surface area contributed by atoms with Crippen molar-refractivity contribution in [2.24, 2.45) is 0 Å². The van der Waals surface area contributed by atoms with E-state index < -0.39 is 11.2 Å². The highest BCUT2D eigenvalue weighted by Crippen LogP contribution is 2.28. The molecule has 1 N–H and O–H groups in total. The maximum atomic E-state index is 13.5. The number of benzene rings is 1. The SMILES string of the molecule is CC(Cl)c1nc2cc(F)c(Cl)cc2n1CC(=O)NC1CC1. The maximum Gasteiger partial charge on any atom is 0.240 e. The van der Waals surface area contributed by atoms with Gasteiger partial charge in [-0.3, -0.25) is 4.79 Å². The predicted molar refractivity (Wildman–Crippen MR) is 80.1 cm³/mol. The summed E-state index contributed by atoms with van der Waals surface area (Å²) in [6, 6.07) is 3.02. The Morgan fingerprint density at radius 2 is 2.29 bits per heavy atom. The molecule has 7 heteroatoms. The van der Waals surface area contributed by atoms with E-state index in [2.05, 4.69) is 10.3 Å². The van der Waals surface area contributed by atoms with Crippen LogP contribution in [0.1, 0.15) is 31.0 Å². The molecule has 1 aliphatic rings. The zero-order valence-electron chi connectivity index (χ0n) is 11.4. The number of imidazole rings is 1. The van der Waals surface area contributed by atoms with Crippen molar-refractivity contribution in [2.45, 2.75) is 37.7 Å². The van der Waals surface area contributed by atoms with Gasteiger partial charge in [-0.15, -0.1) is 11.6 Å². The lowest BCUT2D eigenvalue weighted by atomic mass is 10.3. The second kappa shape index (κ2) is 5.46. The van der Waals surface area contributed by atoms with E-state index in [4.69, 9.17) is 23.2 Å². The molecule has 1 aliphatic carbocycles. The minimum atomic E-state index is -0.537. The second-order valence-corrected chi connectivity index (χ2v) is 6.33. The van der Waals surface area contributed by atoms with E-state index in [0.717, 1.165) is 12.8 Å². The van der Waals surface area contributed by atoms with Crippen LogP contribution in [0.2, 0.25) is 5.02 Å². The smallest absolute Gasteiger partial charge is 0.240 e. The Balaban J connectivity index is 2.02. The number of alkyl halides is 1. The van der Waals surface area contributed by atoms with Crippen molar-refractivity contribution in [2.75, 3.05) is 0 Å². The minimum absolute atomic E-state index is 0.0000246. The molecule has 0 spiro atoms. The summed E-state index contributed by atoms with van der Waals surface area (Å²) >= 11 is 11.9. The summed E-state index contributed by atoms with van der Waals surface area (Å²) in [5.41, 5.74) is 1.05. The van der Waals surface area contributed by atoms with Crippen LogP contribution in [0, 0.1) is 5.82 Å². The van der Waals surface area contributed by atoms with Gasteiger partial charge in [0.2, 0.25) is 5.91 Å². The third kappa shape index (κ3) is 2.99. The summed E-state index contributed by atoms with van der Waals surface area (Å²) in [6.07, 6.45) is 2.04. The molecule has 112 valence electrons. The molecule has 1 unspecified atom stereocenters. The molecule has 1 fully saturated rings. The van der Waals surface area contributed by atoms with Gasteiger partial charge in [-0.1, -0.05) is 11.6 Å². The van der Waals surface area contributed by atoms with Gasteiger partial charge >= 0.3 is 0 Å². The first-order valence-electron chi connectivity index (χ1n) is 6.74. The van der Waals surface area contributed by atoms with Gasteiger partial charge in [0.25, 0.3) is 0 Å². The Kier molecular flexibility index (Phi) is 3.80. The Morgan fingerprint density at radius 3 is 2.90 bits per heavy atom. The highest BCUT2D eigenvalue weighted by molar-refractivity contribution is 6.31. The first kappa shape index (κ1) is 14.6. The van der Waals surface area contributed by atoms with Crippen molar-refractivity contribution < 1.29 is 9.18 Å². The molecule has 21 heavy (non-hydrogen) atoms. The van der Waals surface area contributed by atoms with Crippen molar-refractivity contribution in [3.05, 3.63) is 28.8 Å². The third-order valence-electron chi connectivity index (χ3n) is 3.42. The van der Waals surface area contributed by atoms with Crippen LogP contribution in [0.15, 0.2) is 12.1 Å². The molecular formula is C14H14Cl2FN3O. The molecule has 1 heterocycles. The Bertz CT molecular complexity index is 710. The van der Waals surface area contributed by atoms with Gasteiger partial charge in [-0.2, -0.15) is 0 Å². The van der Waals surface area contributed by atoms with E-state index in [0.29, 0.717) is 16.9 Å². The van der Waals surface area contributed by atoms with Gasteiger partial charge in [-0.05, 0) is 25.8 Å². The topological polar surface area (TPSA) is 46.9 Å². The summed E-state index contributed by atoms with van der Waals surface area (Å²) < 4.78 is 15.2. The number of fused-ring (bicyclic) bond motifs is 1. The Morgan fingerprint density at radius 1 is 1.57 bits per heavy atom. The monoisotopic (exact) mass is 329 g/mol. The van der Waals surface area contributed by atoms with E-state index in [-0.39, 0.29) is 23.5 Å². The van der Waals surface area contributed by atoms with E-state index in [1.807, 2.05) is 0 Å². The average Bonchev–Trinajstić information content (AvgIpc) is 3.14. The molecule has 0 bridgehead atoms. The molecule has 4 nitrogen and oxygen atoms in total. The lowest BCUT2D eigenvalue weighted by Crippen LogP contribution is -2.29. The van der Waals surface area contributed by atoms with Gasteiger partial charge in [0.1, 0.15) is 18.2 Å². The normalized spacial score (nSPS) is 16.2. The van der Waals surface area contributed by atoms with Crippen LogP contribution in [-0.2, 0) is 11.3 Å². The van der Waals surface area contributed by atoms with Crippen LogP contribution in [0.5, 0.6) is 0 Å². The van der Waals surface area contributed by atoms with Crippen LogP contribution in [-0.4, -0.2) is 21.5 Å². The first-order valence-corrected chi connectivity index (χ1v) is 7.55. The summed E-state index contributed by atoms with van der Waals surface area (Å²) in [5, 5.41) is 2.52. The van der Waals surface area contributed by atoms with Gasteiger partial charge in [0, 0.05) is 12.1 Å². The molecular weight excluding hydrogens is 316 g/mol. The van der Waals surface area contributed by atoms with E-state index in [1.165, 1.54) is 12.1 Å². The van der Waals surface area contributed by atoms with Gasteiger partial charge in [0.15, 0.2) is 0 Å². The molecule has 1 aromatic heterocycles. The fourth-order valence-electron chi connectivity index (χ4n) is 2.25. The summed E-state index contributed by atoms with van der Waals surface area (Å²) in [5.74, 6) is -0.111. The number of carbonyl (C=O) groups is 1. The Labute approximate surface area is 131 Å². The number of carbonyl (C=O) groups excluding carboxylic acids is 1. The number of rotatable bonds is 4. The standard InChI is InChI=1S/C14H14Cl2FN3O/c1-7(15)14-19-11-5-10(17)9(16)4-12(11)20(14)6-13(21)18-8-2-3-8/h4-5,7-8H,2-3,6H2,1H3,(H,18,21). The molecule has 1 atom stereocenters. The highest BCUT2D eigenvalue weighted by Gasteiger charge is 2.25. The number of halogens is 3. The van der Waals surface area contributed by atoms with Crippen LogP contribution in [0.4, 0.5) is 4.39 Å². The van der Waals surface area contributed by atoms with E-state index in [1.54, 1.807) is 11.5 Å². The fourth-order valence-corrected chi connectivity index (χ4v) is 2.58. The molecule has 1 amide bonds. The van der Waals surface area contributed by atoms with Crippen molar-refractivity contribution in [1.82, 2.24) is 14.9 Å². The number of nitrogens with one attached hydrogen (secondary N) is 1. The number of aromatic nitrogens is 2. The van der Waals surface area contributed by atoms with Crippen molar-refractivity contribution in [3.63, 3.8) is 0 Å². The Hall–Kier alpha value is -1.33. The fraction of sp³-hybridized carbons (Fsp3) is 0.429. The van der Waals surface area contributed by atoms with Crippen LogP contribution in [0.3, 0.4) is 0 Å². The summed E-state index contributed by atoms with van der Waals surface area (Å²) in [7, 11) is 0. The second-order valence-electron chi connectivity index (χ2n) is 5.27. The molecule has 1 saturated carbocycles. The average molecular weight is 330 g/mol. The molecule has 1 aromatic carbocycles. The molecule has 0 saturated heterocycles. The zero-order valence-corrected chi connectivity index (χ0v) is 12.9. The molecule has 0 aliphatic heterocycles. The summed E-state index contributed by atoms with van der Waals surface area (Å²) in [4.78, 5) is 16.3. The predicted octanol–water partition coefficient (Wildman–Crippen LogP) is 3.41. The minimum Gasteiger partial charge on any atom is -0.352 e. The zero-order chi connectivity index (χ0) is 15.1. The molecule has 2 aromatic rings. The van der Waals surface area contributed by atoms with Gasteiger partial charge in [-0.25, -0.2) is 9.37 Å². The quantitative estimate of drug-likeness (QED) is 0.874. The van der Waals surface area contributed by atoms with E-state index in [9.17, 15) is 9.18 Å². The van der Waals surface area contributed by atoms with Crippen LogP contribution in [0.25, 0.3) is 11.0 Å².